The smallest absolute Gasteiger partial charge is 0.0947 e. The summed E-state index contributed by atoms with van der Waals surface area (Å²) in [5.41, 5.74) is 1.13. The van der Waals surface area contributed by atoms with Crippen molar-refractivity contribution in [3.05, 3.63) is 24.2 Å². The molecule has 74 valence electrons. The maximum atomic E-state index is 9.35. The number of furan rings is 1. The minimum atomic E-state index is -0.308. The van der Waals surface area contributed by atoms with Gasteiger partial charge in [-0.25, -0.2) is 0 Å². The Labute approximate surface area is 79.0 Å². The zero-order chi connectivity index (χ0) is 9.84. The lowest BCUT2D eigenvalue weighted by Crippen LogP contribution is -2.36. The number of hydrogen-bond donors (Lipinski definition) is 1. The van der Waals surface area contributed by atoms with E-state index in [-0.39, 0.29) is 12.1 Å². The van der Waals surface area contributed by atoms with Crippen molar-refractivity contribution in [2.24, 2.45) is 0 Å². The molecule has 3 nitrogen and oxygen atoms in total. The van der Waals surface area contributed by atoms with Gasteiger partial charge < -0.3 is 9.52 Å². The van der Waals surface area contributed by atoms with Gasteiger partial charge in [-0.05, 0) is 27.0 Å². The Morgan fingerprint density at radius 1 is 1.54 bits per heavy atom. The van der Waals surface area contributed by atoms with Gasteiger partial charge in [0.15, 0.2) is 0 Å². The van der Waals surface area contributed by atoms with Gasteiger partial charge in [0.25, 0.3) is 0 Å². The molecule has 0 aliphatic rings. The van der Waals surface area contributed by atoms with Gasteiger partial charge in [0.05, 0.1) is 18.6 Å². The molecular formula is C10H17NO2. The minimum absolute atomic E-state index is 0.162. The summed E-state index contributed by atoms with van der Waals surface area (Å²) in [6.07, 6.45) is 3.08. The standard InChI is InChI=1S/C10H17NO2/c1-8(9(2)12)11(3)6-10-4-5-13-7-10/h4-5,7-9,12H,6H2,1-3H3. The molecular weight excluding hydrogens is 166 g/mol. The van der Waals surface area contributed by atoms with E-state index < -0.39 is 0 Å². The Hall–Kier alpha value is -0.800. The van der Waals surface area contributed by atoms with Gasteiger partial charge >= 0.3 is 0 Å². The lowest BCUT2D eigenvalue weighted by Gasteiger charge is -2.26. The predicted molar refractivity (Wildman–Crippen MR) is 51.3 cm³/mol. The highest BCUT2D eigenvalue weighted by molar-refractivity contribution is 5.04. The normalized spacial score (nSPS) is 16.1. The first-order valence-electron chi connectivity index (χ1n) is 4.50. The van der Waals surface area contributed by atoms with Crippen LogP contribution in [-0.2, 0) is 6.54 Å². The van der Waals surface area contributed by atoms with Crippen LogP contribution in [0.1, 0.15) is 19.4 Å². The van der Waals surface area contributed by atoms with Gasteiger partial charge in [-0.3, -0.25) is 4.90 Å². The average molecular weight is 183 g/mol. The molecule has 1 rings (SSSR count). The van der Waals surface area contributed by atoms with Crippen LogP contribution in [0.15, 0.2) is 23.0 Å². The van der Waals surface area contributed by atoms with Crippen LogP contribution in [0, 0.1) is 0 Å². The van der Waals surface area contributed by atoms with Crippen LogP contribution in [0.5, 0.6) is 0 Å². The van der Waals surface area contributed by atoms with Crippen LogP contribution >= 0.6 is 0 Å². The third-order valence-corrected chi connectivity index (χ3v) is 2.41. The largest absolute Gasteiger partial charge is 0.472 e. The summed E-state index contributed by atoms with van der Waals surface area (Å²) in [7, 11) is 1.99. The predicted octanol–water partition coefficient (Wildman–Crippen LogP) is 1.48. The number of likely N-dealkylation sites (N-methyl/N-ethyl adjacent to an activating group) is 1. The summed E-state index contributed by atoms with van der Waals surface area (Å²) in [6.45, 7) is 4.61. The lowest BCUT2D eigenvalue weighted by molar-refractivity contribution is 0.0827. The summed E-state index contributed by atoms with van der Waals surface area (Å²) in [5, 5.41) is 9.35. The molecule has 1 N–H and O–H groups in total. The van der Waals surface area contributed by atoms with Crippen LogP contribution in [0.2, 0.25) is 0 Å². The molecule has 0 bridgehead atoms. The highest BCUT2D eigenvalue weighted by Crippen LogP contribution is 2.08. The molecule has 0 aliphatic heterocycles. The summed E-state index contributed by atoms with van der Waals surface area (Å²) in [4.78, 5) is 2.09. The first kappa shape index (κ1) is 10.3. The highest BCUT2D eigenvalue weighted by atomic mass is 16.3. The van der Waals surface area contributed by atoms with Gasteiger partial charge in [-0.2, -0.15) is 0 Å². The second-order valence-electron chi connectivity index (χ2n) is 3.53. The van der Waals surface area contributed by atoms with Gasteiger partial charge in [-0.1, -0.05) is 0 Å². The molecule has 0 fully saturated rings. The van der Waals surface area contributed by atoms with Gasteiger partial charge in [0.2, 0.25) is 0 Å². The van der Waals surface area contributed by atoms with Crippen LogP contribution in [0.25, 0.3) is 0 Å². The van der Waals surface area contributed by atoms with Crippen molar-refractivity contribution in [3.63, 3.8) is 0 Å². The molecule has 13 heavy (non-hydrogen) atoms. The van der Waals surface area contributed by atoms with E-state index in [9.17, 15) is 5.11 Å². The fourth-order valence-corrected chi connectivity index (χ4v) is 1.18. The zero-order valence-electron chi connectivity index (χ0n) is 8.40. The number of hydrogen-bond acceptors (Lipinski definition) is 3. The number of rotatable bonds is 4. The Morgan fingerprint density at radius 3 is 2.69 bits per heavy atom. The first-order valence-corrected chi connectivity index (χ1v) is 4.50. The Kier molecular flexibility index (Phi) is 3.51. The van der Waals surface area contributed by atoms with E-state index in [0.717, 1.165) is 12.1 Å². The van der Waals surface area contributed by atoms with Crippen molar-refractivity contribution >= 4 is 0 Å². The second kappa shape index (κ2) is 4.44. The molecule has 0 saturated carbocycles. The molecule has 0 radical (unpaired) electrons. The molecule has 3 heteroatoms. The number of aliphatic hydroxyl groups excluding tert-OH is 1. The Morgan fingerprint density at radius 2 is 2.23 bits per heavy atom. The summed E-state index contributed by atoms with van der Waals surface area (Å²) in [6, 6.07) is 2.10. The maximum absolute atomic E-state index is 9.35. The van der Waals surface area contributed by atoms with Crippen molar-refractivity contribution in [1.29, 1.82) is 0 Å². The molecule has 0 aliphatic carbocycles. The van der Waals surface area contributed by atoms with Crippen molar-refractivity contribution < 1.29 is 9.52 Å². The third kappa shape index (κ3) is 2.86. The molecule has 1 aromatic heterocycles. The van der Waals surface area contributed by atoms with Gasteiger partial charge in [-0.15, -0.1) is 0 Å². The molecule has 0 spiro atoms. The van der Waals surface area contributed by atoms with Crippen LogP contribution < -0.4 is 0 Å². The molecule has 2 unspecified atom stereocenters. The molecule has 0 aromatic carbocycles. The van der Waals surface area contributed by atoms with Crippen LogP contribution in [0.4, 0.5) is 0 Å². The third-order valence-electron chi connectivity index (χ3n) is 2.41. The number of nitrogens with zero attached hydrogens (tertiary/aromatic N) is 1. The minimum Gasteiger partial charge on any atom is -0.472 e. The quantitative estimate of drug-likeness (QED) is 0.768. The van der Waals surface area contributed by atoms with Crippen LogP contribution in [-0.4, -0.2) is 29.2 Å². The topological polar surface area (TPSA) is 36.6 Å². The van der Waals surface area contributed by atoms with Crippen molar-refractivity contribution in [2.45, 2.75) is 32.5 Å². The molecule has 1 aromatic rings. The van der Waals surface area contributed by atoms with E-state index in [1.54, 1.807) is 19.5 Å². The Balaban J connectivity index is 2.45. The van der Waals surface area contributed by atoms with Gasteiger partial charge in [0, 0.05) is 18.2 Å². The summed E-state index contributed by atoms with van der Waals surface area (Å²) in [5.74, 6) is 0. The van der Waals surface area contributed by atoms with Crippen molar-refractivity contribution in [1.82, 2.24) is 4.90 Å². The SMILES string of the molecule is CC(O)C(C)N(C)Cc1ccoc1. The Bertz CT molecular complexity index is 231. The van der Waals surface area contributed by atoms with E-state index in [4.69, 9.17) is 4.42 Å². The first-order chi connectivity index (χ1) is 6.11. The van der Waals surface area contributed by atoms with Crippen molar-refractivity contribution in [3.8, 4) is 0 Å². The van der Waals surface area contributed by atoms with E-state index in [1.165, 1.54) is 0 Å². The molecule has 1 heterocycles. The van der Waals surface area contributed by atoms with Gasteiger partial charge in [0.1, 0.15) is 0 Å². The molecule has 2 atom stereocenters. The summed E-state index contributed by atoms with van der Waals surface area (Å²) < 4.78 is 4.97. The highest BCUT2D eigenvalue weighted by Gasteiger charge is 2.14. The number of aliphatic hydroxyl groups is 1. The van der Waals surface area contributed by atoms with E-state index in [0.29, 0.717) is 0 Å². The van der Waals surface area contributed by atoms with E-state index in [2.05, 4.69) is 4.90 Å². The lowest BCUT2D eigenvalue weighted by atomic mass is 10.2. The van der Waals surface area contributed by atoms with E-state index in [1.807, 2.05) is 20.0 Å². The maximum Gasteiger partial charge on any atom is 0.0947 e. The fraction of sp³-hybridized carbons (Fsp3) is 0.600. The van der Waals surface area contributed by atoms with Crippen molar-refractivity contribution in [2.75, 3.05) is 7.05 Å². The average Bonchev–Trinajstić information content (AvgIpc) is 2.55. The van der Waals surface area contributed by atoms with Crippen LogP contribution in [0.3, 0.4) is 0 Å². The molecule has 0 amide bonds. The second-order valence-corrected chi connectivity index (χ2v) is 3.53. The summed E-state index contributed by atoms with van der Waals surface area (Å²) >= 11 is 0. The van der Waals surface area contributed by atoms with E-state index >= 15 is 0 Å². The molecule has 0 saturated heterocycles. The monoisotopic (exact) mass is 183 g/mol. The zero-order valence-corrected chi connectivity index (χ0v) is 8.40. The fourth-order valence-electron chi connectivity index (χ4n) is 1.18.